The molecule has 198 valence electrons. The Morgan fingerprint density at radius 2 is 1.68 bits per heavy atom. The third-order valence-corrected chi connectivity index (χ3v) is 7.40. The molecular weight excluding hydrogens is 478 g/mol. The van der Waals surface area contributed by atoms with Crippen molar-refractivity contribution in [2.24, 2.45) is 0 Å². The Kier molecular flexibility index (Phi) is 6.65. The second-order valence-corrected chi connectivity index (χ2v) is 10.3. The van der Waals surface area contributed by atoms with E-state index in [2.05, 4.69) is 58.7 Å². The zero-order valence-corrected chi connectivity index (χ0v) is 22.4. The quantitative estimate of drug-likeness (QED) is 0.285. The van der Waals surface area contributed by atoms with Crippen LogP contribution in [0.3, 0.4) is 0 Å². The SMILES string of the molecule is CCN(CC)CN(c1ccccc1)c1ncc2c(-c3ccccc3)cn([C@@H]3OC[C@H]4OC(C)(C)O[C@@H]34)c2n1. The molecule has 6 rings (SSSR count). The van der Waals surface area contributed by atoms with Crippen molar-refractivity contribution in [3.05, 3.63) is 73.1 Å². The van der Waals surface area contributed by atoms with E-state index in [-0.39, 0.29) is 18.4 Å². The van der Waals surface area contributed by atoms with Gasteiger partial charge in [0.1, 0.15) is 17.9 Å². The van der Waals surface area contributed by atoms with E-state index in [9.17, 15) is 0 Å². The molecule has 3 atom stereocenters. The largest absolute Gasteiger partial charge is 0.352 e. The van der Waals surface area contributed by atoms with Gasteiger partial charge < -0.3 is 18.8 Å². The summed E-state index contributed by atoms with van der Waals surface area (Å²) in [6, 6.07) is 20.7. The molecule has 0 saturated carbocycles. The minimum Gasteiger partial charge on any atom is -0.352 e. The second-order valence-electron chi connectivity index (χ2n) is 10.3. The molecule has 2 aromatic carbocycles. The molecule has 0 aliphatic carbocycles. The number of fused-ring (bicyclic) bond motifs is 2. The van der Waals surface area contributed by atoms with Crippen molar-refractivity contribution >= 4 is 22.7 Å². The summed E-state index contributed by atoms with van der Waals surface area (Å²) in [5.41, 5.74) is 4.03. The van der Waals surface area contributed by atoms with Crippen LogP contribution in [-0.2, 0) is 14.2 Å². The summed E-state index contributed by atoms with van der Waals surface area (Å²) in [6.07, 6.45) is 3.38. The molecule has 0 amide bonds. The highest BCUT2D eigenvalue weighted by molar-refractivity contribution is 5.94. The molecule has 2 aromatic heterocycles. The summed E-state index contributed by atoms with van der Waals surface area (Å²) in [6.45, 7) is 11.3. The number of aromatic nitrogens is 3. The van der Waals surface area contributed by atoms with Crippen LogP contribution in [0.5, 0.6) is 0 Å². The molecule has 38 heavy (non-hydrogen) atoms. The molecule has 2 saturated heterocycles. The molecular formula is C30H35N5O3. The highest BCUT2D eigenvalue weighted by Crippen LogP contribution is 2.42. The maximum absolute atomic E-state index is 6.30. The van der Waals surface area contributed by atoms with E-state index in [4.69, 9.17) is 24.2 Å². The van der Waals surface area contributed by atoms with Crippen molar-refractivity contribution in [2.75, 3.05) is 31.3 Å². The molecule has 2 aliphatic heterocycles. The molecule has 4 aromatic rings. The lowest BCUT2D eigenvalue weighted by Crippen LogP contribution is -2.36. The molecule has 0 N–H and O–H groups in total. The smallest absolute Gasteiger partial charge is 0.233 e. The van der Waals surface area contributed by atoms with Crippen LogP contribution in [0, 0.1) is 0 Å². The Bertz CT molecular complexity index is 1390. The van der Waals surface area contributed by atoms with Crippen LogP contribution in [0.2, 0.25) is 0 Å². The number of rotatable bonds is 8. The lowest BCUT2D eigenvalue weighted by atomic mass is 10.1. The van der Waals surface area contributed by atoms with Crippen LogP contribution in [0.1, 0.15) is 33.9 Å². The zero-order chi connectivity index (χ0) is 26.3. The Balaban J connectivity index is 1.49. The molecule has 0 spiro atoms. The van der Waals surface area contributed by atoms with Crippen molar-refractivity contribution in [2.45, 2.75) is 51.9 Å². The van der Waals surface area contributed by atoms with Crippen LogP contribution in [0.25, 0.3) is 22.2 Å². The minimum atomic E-state index is -0.642. The molecule has 4 heterocycles. The molecule has 0 bridgehead atoms. The Hall–Kier alpha value is -3.30. The third kappa shape index (κ3) is 4.58. The first-order valence-corrected chi connectivity index (χ1v) is 13.4. The van der Waals surface area contributed by atoms with E-state index in [1.165, 1.54) is 0 Å². The monoisotopic (exact) mass is 513 g/mol. The van der Waals surface area contributed by atoms with Gasteiger partial charge in [-0.2, -0.15) is 4.98 Å². The standard InChI is InChI=1S/C30H35N5O3/c1-5-33(6-2)20-35(22-15-11-8-12-16-22)29-31-17-23-24(21-13-9-7-10-14-21)18-34(27(23)32-29)28-26-25(19-36-28)37-30(3,4)38-26/h7-18,25-26,28H,5-6,19-20H2,1-4H3/t25-,26-,28-/m1/s1. The number of anilines is 2. The molecule has 8 heteroatoms. The first-order chi connectivity index (χ1) is 18.5. The number of para-hydroxylation sites is 1. The van der Waals surface area contributed by atoms with E-state index < -0.39 is 5.79 Å². The molecule has 8 nitrogen and oxygen atoms in total. The summed E-state index contributed by atoms with van der Waals surface area (Å²) in [5, 5.41) is 0.973. The van der Waals surface area contributed by atoms with Gasteiger partial charge in [0.2, 0.25) is 5.95 Å². The minimum absolute atomic E-state index is 0.114. The van der Waals surface area contributed by atoms with Crippen LogP contribution >= 0.6 is 0 Å². The molecule has 0 radical (unpaired) electrons. The first-order valence-electron chi connectivity index (χ1n) is 13.4. The fraction of sp³-hybridized carbons (Fsp3) is 0.400. The maximum atomic E-state index is 6.30. The summed E-state index contributed by atoms with van der Waals surface area (Å²) in [7, 11) is 0. The van der Waals surface area contributed by atoms with Gasteiger partial charge in [0, 0.05) is 29.0 Å². The van der Waals surface area contributed by atoms with Gasteiger partial charge in [0.25, 0.3) is 0 Å². The first kappa shape index (κ1) is 25.0. The number of ether oxygens (including phenoxy) is 3. The van der Waals surface area contributed by atoms with E-state index in [1.54, 1.807) is 0 Å². The highest BCUT2D eigenvalue weighted by atomic mass is 16.8. The van der Waals surface area contributed by atoms with Crippen molar-refractivity contribution in [1.29, 1.82) is 0 Å². The topological polar surface area (TPSA) is 64.9 Å². The van der Waals surface area contributed by atoms with Crippen molar-refractivity contribution < 1.29 is 14.2 Å². The predicted molar refractivity (Wildman–Crippen MR) is 148 cm³/mol. The van der Waals surface area contributed by atoms with Crippen LogP contribution in [-0.4, -0.2) is 63.8 Å². The van der Waals surface area contributed by atoms with E-state index in [0.29, 0.717) is 19.2 Å². The van der Waals surface area contributed by atoms with Gasteiger partial charge in [0.15, 0.2) is 12.0 Å². The van der Waals surface area contributed by atoms with Gasteiger partial charge in [0.05, 0.1) is 13.3 Å². The van der Waals surface area contributed by atoms with Crippen LogP contribution in [0.15, 0.2) is 73.1 Å². The van der Waals surface area contributed by atoms with E-state index in [0.717, 1.165) is 40.9 Å². The van der Waals surface area contributed by atoms with E-state index in [1.807, 2.05) is 56.4 Å². The van der Waals surface area contributed by atoms with Crippen LogP contribution in [0.4, 0.5) is 11.6 Å². The number of nitrogens with zero attached hydrogens (tertiary/aromatic N) is 5. The van der Waals surface area contributed by atoms with E-state index >= 15 is 0 Å². The Labute approximate surface area is 223 Å². The van der Waals surface area contributed by atoms with Gasteiger partial charge in [-0.1, -0.05) is 62.4 Å². The maximum Gasteiger partial charge on any atom is 0.233 e. The summed E-state index contributed by atoms with van der Waals surface area (Å²) in [5.74, 6) is 0.00406. The predicted octanol–water partition coefficient (Wildman–Crippen LogP) is 5.58. The fourth-order valence-corrected chi connectivity index (χ4v) is 5.44. The van der Waals surface area contributed by atoms with Gasteiger partial charge in [-0.15, -0.1) is 0 Å². The van der Waals surface area contributed by atoms with Crippen molar-refractivity contribution in [1.82, 2.24) is 19.4 Å². The number of hydrogen-bond donors (Lipinski definition) is 0. The van der Waals surface area contributed by atoms with Gasteiger partial charge >= 0.3 is 0 Å². The lowest BCUT2D eigenvalue weighted by Gasteiger charge is -2.29. The Morgan fingerprint density at radius 3 is 2.39 bits per heavy atom. The van der Waals surface area contributed by atoms with Crippen molar-refractivity contribution in [3.8, 4) is 11.1 Å². The zero-order valence-electron chi connectivity index (χ0n) is 22.4. The molecule has 2 fully saturated rings. The van der Waals surface area contributed by atoms with Gasteiger partial charge in [-0.25, -0.2) is 4.98 Å². The number of benzene rings is 2. The van der Waals surface area contributed by atoms with Crippen molar-refractivity contribution in [3.63, 3.8) is 0 Å². The van der Waals surface area contributed by atoms with Gasteiger partial charge in [-0.05, 0) is 44.6 Å². The summed E-state index contributed by atoms with van der Waals surface area (Å²) >= 11 is 0. The number of hydrogen-bond acceptors (Lipinski definition) is 7. The van der Waals surface area contributed by atoms with Crippen LogP contribution < -0.4 is 4.90 Å². The molecule has 0 unspecified atom stereocenters. The average molecular weight is 514 g/mol. The summed E-state index contributed by atoms with van der Waals surface area (Å²) in [4.78, 5) is 14.6. The fourth-order valence-electron chi connectivity index (χ4n) is 5.44. The van der Waals surface area contributed by atoms with Gasteiger partial charge in [-0.3, -0.25) is 9.80 Å². The normalized spacial score (nSPS) is 22.3. The lowest BCUT2D eigenvalue weighted by molar-refractivity contribution is -0.183. The second kappa shape index (κ2) is 10.1. The highest BCUT2D eigenvalue weighted by Gasteiger charge is 2.51. The average Bonchev–Trinajstić information content (AvgIpc) is 3.59. The Morgan fingerprint density at radius 1 is 0.974 bits per heavy atom. The molecule has 2 aliphatic rings. The third-order valence-electron chi connectivity index (χ3n) is 7.40. The summed E-state index contributed by atoms with van der Waals surface area (Å²) < 4.78 is 20.8.